The lowest BCUT2D eigenvalue weighted by Crippen LogP contribution is -2.19. The van der Waals surface area contributed by atoms with Crippen LogP contribution in [-0.4, -0.2) is 53.7 Å². The number of nitrogens with zero attached hydrogens (tertiary/aromatic N) is 3. The predicted molar refractivity (Wildman–Crippen MR) is 146 cm³/mol. The Morgan fingerprint density at radius 2 is 1.48 bits per heavy atom. The fraction of sp³-hybridized carbons (Fsp3) is 0.143. The van der Waals surface area contributed by atoms with Crippen LogP contribution in [0.15, 0.2) is 76.5 Å². The van der Waals surface area contributed by atoms with Gasteiger partial charge in [0.15, 0.2) is 0 Å². The molecule has 1 heterocycles. The van der Waals surface area contributed by atoms with Crippen LogP contribution in [-0.2, 0) is 9.47 Å². The molecule has 204 valence electrons. The van der Waals surface area contributed by atoms with E-state index in [1.54, 1.807) is 31.2 Å². The quantitative estimate of drug-likeness (QED) is 0.147. The molecule has 0 spiro atoms. The van der Waals surface area contributed by atoms with Gasteiger partial charge in [0, 0.05) is 17.7 Å². The molecule has 0 bridgehead atoms. The zero-order valence-corrected chi connectivity index (χ0v) is 22.0. The summed E-state index contributed by atoms with van der Waals surface area (Å²) >= 11 is 0. The minimum Gasteiger partial charge on any atom is -0.497 e. The molecule has 3 aromatic carbocycles. The van der Waals surface area contributed by atoms with Gasteiger partial charge in [-0.2, -0.15) is 0 Å². The molecular formula is C28H24N4O8. The van der Waals surface area contributed by atoms with Crippen molar-refractivity contribution in [3.05, 3.63) is 104 Å². The number of nitro groups is 1. The Labute approximate surface area is 227 Å². The van der Waals surface area contributed by atoms with E-state index < -0.39 is 22.4 Å². The number of esters is 2. The largest absolute Gasteiger partial charge is 0.497 e. The molecule has 0 unspecified atom stereocenters. The van der Waals surface area contributed by atoms with Gasteiger partial charge in [-0.25, -0.2) is 14.3 Å². The topological polar surface area (TPSA) is 155 Å². The third-order valence-corrected chi connectivity index (χ3v) is 6.01. The summed E-state index contributed by atoms with van der Waals surface area (Å²) in [4.78, 5) is 53.3. The van der Waals surface area contributed by atoms with E-state index in [-0.39, 0.29) is 33.8 Å². The summed E-state index contributed by atoms with van der Waals surface area (Å²) in [5, 5.41) is 14.2. The maximum absolute atomic E-state index is 13.7. The van der Waals surface area contributed by atoms with Gasteiger partial charge in [-0.15, -0.1) is 0 Å². The molecule has 0 aliphatic rings. The molecule has 40 heavy (non-hydrogen) atoms. The van der Waals surface area contributed by atoms with Gasteiger partial charge < -0.3 is 14.2 Å². The minimum absolute atomic E-state index is 0.0738. The summed E-state index contributed by atoms with van der Waals surface area (Å²) in [6, 6.07) is 16.7. The van der Waals surface area contributed by atoms with Crippen LogP contribution in [0.5, 0.6) is 5.75 Å². The minimum atomic E-state index is -0.680. The number of non-ortho nitro benzene ring substituents is 1. The lowest BCUT2D eigenvalue weighted by Gasteiger charge is -2.07. The van der Waals surface area contributed by atoms with Gasteiger partial charge in [0.2, 0.25) is 0 Å². The number of aromatic amines is 1. The van der Waals surface area contributed by atoms with E-state index in [4.69, 9.17) is 14.2 Å². The Bertz CT molecular complexity index is 1650. The van der Waals surface area contributed by atoms with Gasteiger partial charge in [0.25, 0.3) is 11.2 Å². The summed E-state index contributed by atoms with van der Waals surface area (Å²) in [5.74, 6) is -0.746. The summed E-state index contributed by atoms with van der Waals surface area (Å²) in [6.45, 7) is 1.61. The lowest BCUT2D eigenvalue weighted by molar-refractivity contribution is -0.384. The molecule has 4 rings (SSSR count). The number of aliphatic imine (C=N–C) groups is 1. The predicted octanol–water partition coefficient (Wildman–Crippen LogP) is 4.46. The Balaban J connectivity index is 1.91. The summed E-state index contributed by atoms with van der Waals surface area (Å²) in [5.41, 5.74) is 1.66. The number of hydrogen-bond acceptors (Lipinski definition) is 9. The van der Waals surface area contributed by atoms with E-state index in [2.05, 4.69) is 10.1 Å². The van der Waals surface area contributed by atoms with Gasteiger partial charge in [-0.05, 0) is 61.5 Å². The molecule has 0 radical (unpaired) electrons. The first-order chi connectivity index (χ1) is 19.2. The Morgan fingerprint density at radius 1 is 0.900 bits per heavy atom. The number of rotatable bonds is 8. The highest BCUT2D eigenvalue weighted by molar-refractivity contribution is 6.05. The number of H-pyrrole nitrogens is 1. The maximum Gasteiger partial charge on any atom is 0.337 e. The fourth-order valence-corrected chi connectivity index (χ4v) is 4.04. The summed E-state index contributed by atoms with van der Waals surface area (Å²) in [7, 11) is 3.96. The van der Waals surface area contributed by atoms with Gasteiger partial charge in [0.1, 0.15) is 5.75 Å². The van der Waals surface area contributed by atoms with Crippen molar-refractivity contribution in [1.82, 2.24) is 9.78 Å². The number of methoxy groups -OCH3 is 3. The first-order valence-corrected chi connectivity index (χ1v) is 11.8. The number of carbonyl (C=O) groups excluding carboxylic acids is 2. The molecule has 1 aromatic heterocycles. The van der Waals surface area contributed by atoms with Crippen LogP contribution in [0.25, 0.3) is 16.9 Å². The number of carbonyl (C=O) groups is 2. The molecule has 0 aliphatic heterocycles. The van der Waals surface area contributed by atoms with E-state index >= 15 is 0 Å². The summed E-state index contributed by atoms with van der Waals surface area (Å²) in [6.07, 6.45) is 0. The highest BCUT2D eigenvalue weighted by Gasteiger charge is 2.21. The molecule has 0 aliphatic carbocycles. The van der Waals surface area contributed by atoms with Crippen molar-refractivity contribution >= 4 is 29.0 Å². The second-order valence-corrected chi connectivity index (χ2v) is 8.45. The van der Waals surface area contributed by atoms with Gasteiger partial charge in [-0.1, -0.05) is 0 Å². The number of nitrogens with one attached hydrogen (secondary N) is 1. The number of hydrogen-bond donors (Lipinski definition) is 1. The fourth-order valence-electron chi connectivity index (χ4n) is 4.04. The van der Waals surface area contributed by atoms with Crippen molar-refractivity contribution in [1.29, 1.82) is 0 Å². The van der Waals surface area contributed by atoms with Crippen LogP contribution < -0.4 is 10.3 Å². The van der Waals surface area contributed by atoms with Crippen molar-refractivity contribution in [2.24, 2.45) is 4.99 Å². The van der Waals surface area contributed by atoms with E-state index in [0.29, 0.717) is 22.7 Å². The van der Waals surface area contributed by atoms with Gasteiger partial charge in [0.05, 0.1) is 65.7 Å². The van der Waals surface area contributed by atoms with Crippen molar-refractivity contribution in [3.63, 3.8) is 0 Å². The van der Waals surface area contributed by atoms with Crippen molar-refractivity contribution in [2.45, 2.75) is 6.92 Å². The average molecular weight is 545 g/mol. The van der Waals surface area contributed by atoms with Crippen LogP contribution in [0, 0.1) is 10.1 Å². The van der Waals surface area contributed by atoms with Gasteiger partial charge in [-0.3, -0.25) is 25.0 Å². The maximum atomic E-state index is 13.7. The third-order valence-electron chi connectivity index (χ3n) is 6.01. The van der Waals surface area contributed by atoms with Crippen LogP contribution in [0.3, 0.4) is 0 Å². The second-order valence-electron chi connectivity index (χ2n) is 8.45. The normalized spacial score (nSPS) is 11.2. The van der Waals surface area contributed by atoms with Crippen LogP contribution >= 0.6 is 0 Å². The zero-order chi connectivity index (χ0) is 29.0. The first kappa shape index (κ1) is 27.5. The van der Waals surface area contributed by atoms with Crippen LogP contribution in [0.1, 0.15) is 33.2 Å². The van der Waals surface area contributed by atoms with Gasteiger partial charge >= 0.3 is 11.9 Å². The first-order valence-electron chi connectivity index (χ1n) is 11.8. The molecule has 12 heteroatoms. The third kappa shape index (κ3) is 5.50. The molecular weight excluding hydrogens is 520 g/mol. The Morgan fingerprint density at radius 3 is 1.98 bits per heavy atom. The molecule has 12 nitrogen and oxygen atoms in total. The average Bonchev–Trinajstić information content (AvgIpc) is 3.32. The van der Waals surface area contributed by atoms with Crippen molar-refractivity contribution in [3.8, 4) is 22.7 Å². The van der Waals surface area contributed by atoms with E-state index in [1.165, 1.54) is 68.5 Å². The van der Waals surface area contributed by atoms with Crippen molar-refractivity contribution < 1.29 is 28.7 Å². The second kappa shape index (κ2) is 11.5. The highest BCUT2D eigenvalue weighted by atomic mass is 16.6. The summed E-state index contributed by atoms with van der Waals surface area (Å²) < 4.78 is 16.1. The Hall–Kier alpha value is -5.52. The lowest BCUT2D eigenvalue weighted by atomic mass is 10.0. The van der Waals surface area contributed by atoms with Crippen LogP contribution in [0.4, 0.5) is 11.4 Å². The molecule has 1 N–H and O–H groups in total. The highest BCUT2D eigenvalue weighted by Crippen LogP contribution is 2.27. The van der Waals surface area contributed by atoms with E-state index in [9.17, 15) is 24.5 Å². The molecule has 0 amide bonds. The molecule has 0 saturated carbocycles. The number of ether oxygens (including phenoxy) is 3. The Kier molecular flexibility index (Phi) is 7.89. The monoisotopic (exact) mass is 544 g/mol. The molecule has 0 atom stereocenters. The molecule has 4 aromatic rings. The number of aromatic nitrogens is 2. The zero-order valence-electron chi connectivity index (χ0n) is 22.0. The smallest absolute Gasteiger partial charge is 0.337 e. The SMILES string of the molecule is COC(=O)c1cc(N=C(C)c2c(-c3ccc(OC)cc3)[nH]n(-c3ccc([N+](=O)[O-])cc3)c2=O)cc(C(=O)OC)c1. The number of nitro benzene ring substituents is 1. The molecule has 0 saturated heterocycles. The van der Waals surface area contributed by atoms with Crippen molar-refractivity contribution in [2.75, 3.05) is 21.3 Å². The van der Waals surface area contributed by atoms with E-state index in [0.717, 1.165) is 0 Å². The standard InChI is InChI=1S/C28H24N4O8/c1-16(29-20-14-18(27(34)39-3)13-19(15-20)28(35)40-4)24-25(17-5-11-23(38-2)12-6-17)30-31(26(24)33)21-7-9-22(10-8-21)32(36)37/h5-15,30H,1-4H3. The molecule has 0 fully saturated rings. The number of benzene rings is 3. The van der Waals surface area contributed by atoms with E-state index in [1.807, 2.05) is 0 Å². The van der Waals surface area contributed by atoms with Crippen LogP contribution in [0.2, 0.25) is 0 Å².